The second-order valence-corrected chi connectivity index (χ2v) is 5.83. The van der Waals surface area contributed by atoms with E-state index in [1.807, 2.05) is 11.4 Å². The van der Waals surface area contributed by atoms with E-state index in [0.717, 1.165) is 12.0 Å². The molecule has 2 aromatic rings. The van der Waals surface area contributed by atoms with E-state index in [-0.39, 0.29) is 6.03 Å². The van der Waals surface area contributed by atoms with Gasteiger partial charge >= 0.3 is 6.03 Å². The molecule has 0 spiro atoms. The predicted molar refractivity (Wildman–Crippen MR) is 93.6 cm³/mol. The Morgan fingerprint density at radius 2 is 2.00 bits per heavy atom. The molecule has 1 aromatic heterocycles. The Morgan fingerprint density at radius 1 is 1.22 bits per heavy atom. The lowest BCUT2D eigenvalue weighted by molar-refractivity contribution is 0.209. The maximum Gasteiger partial charge on any atom is 0.322 e. The minimum Gasteiger partial charge on any atom is -0.493 e. The van der Waals surface area contributed by atoms with Gasteiger partial charge in [0.25, 0.3) is 0 Å². The Labute approximate surface area is 140 Å². The summed E-state index contributed by atoms with van der Waals surface area (Å²) in [6.07, 6.45) is 0.906. The van der Waals surface area contributed by atoms with Crippen LogP contribution in [0.1, 0.15) is 18.9 Å². The van der Waals surface area contributed by atoms with E-state index >= 15 is 0 Å². The summed E-state index contributed by atoms with van der Waals surface area (Å²) in [5.74, 6) is 1.22. The minimum absolute atomic E-state index is 0.120. The van der Waals surface area contributed by atoms with Gasteiger partial charge in [-0.3, -0.25) is 0 Å². The van der Waals surface area contributed by atoms with E-state index in [1.54, 1.807) is 48.7 Å². The summed E-state index contributed by atoms with van der Waals surface area (Å²) in [7, 11) is 3.16. The van der Waals surface area contributed by atoms with Gasteiger partial charge < -0.3 is 19.7 Å². The van der Waals surface area contributed by atoms with Gasteiger partial charge in [0, 0.05) is 24.8 Å². The SMILES string of the molecule is CCCN(Cc1ccsc1)C(=O)Nc1ccc(OC)c(OC)c1. The lowest BCUT2D eigenvalue weighted by Crippen LogP contribution is -2.35. The van der Waals surface area contributed by atoms with Crippen LogP contribution in [0.2, 0.25) is 0 Å². The molecule has 2 rings (SSSR count). The van der Waals surface area contributed by atoms with Crippen LogP contribution in [0.25, 0.3) is 0 Å². The van der Waals surface area contributed by atoms with Gasteiger partial charge in [-0.2, -0.15) is 11.3 Å². The number of anilines is 1. The highest BCUT2D eigenvalue weighted by Gasteiger charge is 2.14. The van der Waals surface area contributed by atoms with E-state index in [2.05, 4.69) is 17.6 Å². The molecule has 0 saturated carbocycles. The van der Waals surface area contributed by atoms with Crippen molar-refractivity contribution in [1.29, 1.82) is 0 Å². The molecule has 0 radical (unpaired) electrons. The zero-order valence-electron chi connectivity index (χ0n) is 13.7. The molecule has 0 fully saturated rings. The Morgan fingerprint density at radius 3 is 2.61 bits per heavy atom. The molecular weight excluding hydrogens is 312 g/mol. The van der Waals surface area contributed by atoms with Crippen LogP contribution < -0.4 is 14.8 Å². The number of rotatable bonds is 7. The zero-order valence-corrected chi connectivity index (χ0v) is 14.5. The first kappa shape index (κ1) is 17.1. The third kappa shape index (κ3) is 4.63. The fourth-order valence-corrected chi connectivity index (χ4v) is 2.90. The van der Waals surface area contributed by atoms with Crippen LogP contribution in [0, 0.1) is 0 Å². The molecule has 1 heterocycles. The highest BCUT2D eigenvalue weighted by atomic mass is 32.1. The van der Waals surface area contributed by atoms with Gasteiger partial charge in [-0.05, 0) is 40.9 Å². The van der Waals surface area contributed by atoms with Crippen molar-refractivity contribution in [2.24, 2.45) is 0 Å². The van der Waals surface area contributed by atoms with Gasteiger partial charge in [0.2, 0.25) is 0 Å². The van der Waals surface area contributed by atoms with Crippen LogP contribution in [-0.4, -0.2) is 31.7 Å². The van der Waals surface area contributed by atoms with Gasteiger partial charge in [0.05, 0.1) is 14.2 Å². The number of benzene rings is 1. The summed E-state index contributed by atoms with van der Waals surface area (Å²) in [6.45, 7) is 3.37. The number of hydrogen-bond acceptors (Lipinski definition) is 4. The van der Waals surface area contributed by atoms with Crippen LogP contribution in [-0.2, 0) is 6.54 Å². The summed E-state index contributed by atoms with van der Waals surface area (Å²) in [5, 5.41) is 7.00. The van der Waals surface area contributed by atoms with Crippen molar-refractivity contribution >= 4 is 23.1 Å². The highest BCUT2D eigenvalue weighted by molar-refractivity contribution is 7.07. The van der Waals surface area contributed by atoms with Crippen LogP contribution in [0.4, 0.5) is 10.5 Å². The first-order chi connectivity index (χ1) is 11.2. The number of ether oxygens (including phenoxy) is 2. The van der Waals surface area contributed by atoms with Crippen LogP contribution >= 0.6 is 11.3 Å². The molecule has 0 bridgehead atoms. The normalized spacial score (nSPS) is 10.2. The molecule has 0 unspecified atom stereocenters. The van der Waals surface area contributed by atoms with Crippen LogP contribution in [0.5, 0.6) is 11.5 Å². The number of nitrogens with one attached hydrogen (secondary N) is 1. The fourth-order valence-electron chi connectivity index (χ4n) is 2.24. The summed E-state index contributed by atoms with van der Waals surface area (Å²) < 4.78 is 10.5. The molecule has 1 N–H and O–H groups in total. The highest BCUT2D eigenvalue weighted by Crippen LogP contribution is 2.29. The van der Waals surface area contributed by atoms with Crippen molar-refractivity contribution in [1.82, 2.24) is 4.90 Å². The van der Waals surface area contributed by atoms with Crippen LogP contribution in [0.3, 0.4) is 0 Å². The van der Waals surface area contributed by atoms with Gasteiger partial charge in [0.1, 0.15) is 0 Å². The van der Waals surface area contributed by atoms with E-state index in [4.69, 9.17) is 9.47 Å². The molecule has 0 saturated heterocycles. The minimum atomic E-state index is -0.120. The summed E-state index contributed by atoms with van der Waals surface area (Å²) >= 11 is 1.64. The molecule has 23 heavy (non-hydrogen) atoms. The third-order valence-electron chi connectivity index (χ3n) is 3.37. The number of thiophene rings is 1. The average Bonchev–Trinajstić information content (AvgIpc) is 3.07. The lowest BCUT2D eigenvalue weighted by Gasteiger charge is -2.22. The Hall–Kier alpha value is -2.21. The lowest BCUT2D eigenvalue weighted by atomic mass is 10.2. The first-order valence-corrected chi connectivity index (χ1v) is 8.41. The third-order valence-corrected chi connectivity index (χ3v) is 4.10. The van der Waals surface area contributed by atoms with E-state index in [1.165, 1.54) is 0 Å². The monoisotopic (exact) mass is 334 g/mol. The Bertz CT molecular complexity index is 629. The Balaban J connectivity index is 2.08. The van der Waals surface area contributed by atoms with Gasteiger partial charge in [-0.15, -0.1) is 0 Å². The fraction of sp³-hybridized carbons (Fsp3) is 0.353. The molecule has 0 atom stereocenters. The van der Waals surface area contributed by atoms with E-state index < -0.39 is 0 Å². The van der Waals surface area contributed by atoms with Crippen molar-refractivity contribution < 1.29 is 14.3 Å². The van der Waals surface area contributed by atoms with Crippen molar-refractivity contribution in [2.45, 2.75) is 19.9 Å². The van der Waals surface area contributed by atoms with E-state index in [0.29, 0.717) is 30.3 Å². The second-order valence-electron chi connectivity index (χ2n) is 5.05. The molecular formula is C17H22N2O3S. The largest absolute Gasteiger partial charge is 0.493 e. The van der Waals surface area contributed by atoms with Crippen molar-refractivity contribution in [3.05, 3.63) is 40.6 Å². The summed E-state index contributed by atoms with van der Waals surface area (Å²) in [6, 6.07) is 7.25. The number of nitrogens with zero attached hydrogens (tertiary/aromatic N) is 1. The first-order valence-electron chi connectivity index (χ1n) is 7.47. The van der Waals surface area contributed by atoms with Gasteiger partial charge in [0.15, 0.2) is 11.5 Å². The van der Waals surface area contributed by atoms with Crippen LogP contribution in [0.15, 0.2) is 35.0 Å². The number of carbonyl (C=O) groups excluding carboxylic acids is 1. The summed E-state index contributed by atoms with van der Waals surface area (Å²) in [5.41, 5.74) is 1.82. The number of amides is 2. The molecule has 5 nitrogen and oxygen atoms in total. The topological polar surface area (TPSA) is 50.8 Å². The predicted octanol–water partition coefficient (Wildman–Crippen LogP) is 4.21. The van der Waals surface area contributed by atoms with Crippen molar-refractivity contribution in [3.8, 4) is 11.5 Å². The number of hydrogen-bond donors (Lipinski definition) is 1. The number of carbonyl (C=O) groups is 1. The van der Waals surface area contributed by atoms with Gasteiger partial charge in [-0.25, -0.2) is 4.79 Å². The number of urea groups is 1. The quantitative estimate of drug-likeness (QED) is 0.825. The van der Waals surface area contributed by atoms with E-state index in [9.17, 15) is 4.79 Å². The standard InChI is InChI=1S/C17H22N2O3S/c1-4-8-19(11-13-7-9-23-12-13)17(20)18-14-5-6-15(21-2)16(10-14)22-3/h5-7,9-10,12H,4,8,11H2,1-3H3,(H,18,20). The van der Waals surface area contributed by atoms with Gasteiger partial charge in [-0.1, -0.05) is 6.92 Å². The summed E-state index contributed by atoms with van der Waals surface area (Å²) in [4.78, 5) is 14.3. The molecule has 0 aliphatic rings. The maximum atomic E-state index is 12.5. The molecule has 1 aromatic carbocycles. The van der Waals surface area contributed by atoms with Crippen molar-refractivity contribution in [3.63, 3.8) is 0 Å². The molecule has 124 valence electrons. The molecule has 0 aliphatic carbocycles. The molecule has 0 aliphatic heterocycles. The average molecular weight is 334 g/mol. The zero-order chi connectivity index (χ0) is 16.7. The molecule has 2 amide bonds. The second kappa shape index (κ2) is 8.43. The smallest absolute Gasteiger partial charge is 0.322 e. The maximum absolute atomic E-state index is 12.5. The van der Waals surface area contributed by atoms with Crippen molar-refractivity contribution in [2.75, 3.05) is 26.1 Å². The molecule has 6 heteroatoms. The number of methoxy groups -OCH3 is 2. The Kier molecular flexibility index (Phi) is 6.29.